The summed E-state index contributed by atoms with van der Waals surface area (Å²) in [4.78, 5) is 20.4. The van der Waals surface area contributed by atoms with Gasteiger partial charge in [-0.3, -0.25) is 4.98 Å². The molecule has 3 rings (SSSR count). The van der Waals surface area contributed by atoms with Gasteiger partial charge in [-0.25, -0.2) is 9.78 Å². The van der Waals surface area contributed by atoms with Crippen molar-refractivity contribution < 1.29 is 4.79 Å². The molecular formula is C17H16N4OS. The third kappa shape index (κ3) is 4.37. The predicted molar refractivity (Wildman–Crippen MR) is 92.5 cm³/mol. The average Bonchev–Trinajstić information content (AvgIpc) is 3.05. The molecule has 0 radical (unpaired) electrons. The van der Waals surface area contributed by atoms with Gasteiger partial charge in [0.2, 0.25) is 0 Å². The van der Waals surface area contributed by atoms with Gasteiger partial charge >= 0.3 is 6.03 Å². The number of nitrogens with zero attached hydrogens (tertiary/aromatic N) is 2. The average molecular weight is 324 g/mol. The van der Waals surface area contributed by atoms with Crippen molar-refractivity contribution >= 4 is 23.1 Å². The van der Waals surface area contributed by atoms with Crippen LogP contribution in [0.1, 0.15) is 5.69 Å². The summed E-state index contributed by atoms with van der Waals surface area (Å²) in [7, 11) is 0. The van der Waals surface area contributed by atoms with Crippen molar-refractivity contribution in [3.05, 3.63) is 65.9 Å². The van der Waals surface area contributed by atoms with Crippen molar-refractivity contribution in [3.8, 4) is 10.6 Å². The zero-order valence-electron chi connectivity index (χ0n) is 12.4. The number of para-hydroxylation sites is 1. The Bertz CT molecular complexity index is 759. The molecule has 6 heteroatoms. The van der Waals surface area contributed by atoms with Crippen LogP contribution in [0.3, 0.4) is 0 Å². The molecule has 5 nitrogen and oxygen atoms in total. The molecular weight excluding hydrogens is 308 g/mol. The van der Waals surface area contributed by atoms with Crippen LogP contribution in [0.25, 0.3) is 10.6 Å². The molecule has 0 unspecified atom stereocenters. The van der Waals surface area contributed by atoms with Crippen LogP contribution in [0.5, 0.6) is 0 Å². The number of carbonyl (C=O) groups excluding carboxylic acids is 1. The zero-order chi connectivity index (χ0) is 15.9. The number of rotatable bonds is 5. The van der Waals surface area contributed by atoms with Gasteiger partial charge in [0.1, 0.15) is 5.01 Å². The molecule has 2 heterocycles. The number of carbonyl (C=O) groups is 1. The number of hydrogen-bond acceptors (Lipinski definition) is 4. The number of aromatic nitrogens is 2. The standard InChI is InChI=1S/C17H16N4OS/c22-17(21-14-4-2-1-3-5-14)19-11-8-15-12-23-16(20-15)13-6-9-18-10-7-13/h1-7,9-10,12H,8,11H2,(H2,19,21,22). The van der Waals surface area contributed by atoms with Crippen LogP contribution in [-0.4, -0.2) is 22.5 Å². The topological polar surface area (TPSA) is 66.9 Å². The Morgan fingerprint density at radius 1 is 1.09 bits per heavy atom. The maximum absolute atomic E-state index is 11.8. The van der Waals surface area contributed by atoms with E-state index in [1.807, 2.05) is 47.8 Å². The Morgan fingerprint density at radius 2 is 1.87 bits per heavy atom. The fraction of sp³-hybridized carbons (Fsp3) is 0.118. The molecule has 23 heavy (non-hydrogen) atoms. The van der Waals surface area contributed by atoms with E-state index in [9.17, 15) is 4.79 Å². The lowest BCUT2D eigenvalue weighted by Crippen LogP contribution is -2.30. The molecule has 2 amide bonds. The first-order valence-electron chi connectivity index (χ1n) is 7.26. The van der Waals surface area contributed by atoms with Crippen molar-refractivity contribution in [2.75, 3.05) is 11.9 Å². The Labute approximate surface area is 138 Å². The quantitative estimate of drug-likeness (QED) is 0.754. The predicted octanol–water partition coefficient (Wildman–Crippen LogP) is 3.57. The summed E-state index contributed by atoms with van der Waals surface area (Å²) < 4.78 is 0. The van der Waals surface area contributed by atoms with E-state index in [4.69, 9.17) is 0 Å². The van der Waals surface area contributed by atoms with Crippen LogP contribution >= 0.6 is 11.3 Å². The van der Waals surface area contributed by atoms with Crippen LogP contribution in [0.4, 0.5) is 10.5 Å². The summed E-state index contributed by atoms with van der Waals surface area (Å²) in [6, 6.07) is 13.0. The van der Waals surface area contributed by atoms with Crippen molar-refractivity contribution in [2.45, 2.75) is 6.42 Å². The van der Waals surface area contributed by atoms with Gasteiger partial charge in [-0.2, -0.15) is 0 Å². The largest absolute Gasteiger partial charge is 0.337 e. The number of thiazole rings is 1. The first kappa shape index (κ1) is 15.2. The molecule has 0 aliphatic rings. The highest BCUT2D eigenvalue weighted by Gasteiger charge is 2.05. The number of pyridine rings is 1. The Balaban J connectivity index is 1.48. The van der Waals surface area contributed by atoms with Crippen LogP contribution in [0.2, 0.25) is 0 Å². The highest BCUT2D eigenvalue weighted by molar-refractivity contribution is 7.13. The van der Waals surface area contributed by atoms with E-state index in [2.05, 4.69) is 20.6 Å². The van der Waals surface area contributed by atoms with E-state index in [0.717, 1.165) is 22.0 Å². The second kappa shape index (κ2) is 7.51. The number of anilines is 1. The minimum atomic E-state index is -0.208. The summed E-state index contributed by atoms with van der Waals surface area (Å²) in [5, 5.41) is 8.61. The van der Waals surface area contributed by atoms with Crippen LogP contribution in [0.15, 0.2) is 60.2 Å². The summed E-state index contributed by atoms with van der Waals surface area (Å²) >= 11 is 1.60. The normalized spacial score (nSPS) is 10.3. The molecule has 0 spiro atoms. The Hall–Kier alpha value is -2.73. The first-order chi connectivity index (χ1) is 11.3. The molecule has 0 aliphatic carbocycles. The second-order valence-electron chi connectivity index (χ2n) is 4.88. The zero-order valence-corrected chi connectivity index (χ0v) is 13.2. The number of urea groups is 1. The van der Waals surface area contributed by atoms with E-state index in [1.54, 1.807) is 23.7 Å². The molecule has 1 aromatic carbocycles. The molecule has 0 bridgehead atoms. The lowest BCUT2D eigenvalue weighted by Gasteiger charge is -2.06. The number of benzene rings is 1. The number of hydrogen-bond donors (Lipinski definition) is 2. The molecule has 0 aliphatic heterocycles. The van der Waals surface area contributed by atoms with E-state index in [0.29, 0.717) is 13.0 Å². The molecule has 0 saturated heterocycles. The number of amides is 2. The molecule has 0 atom stereocenters. The Kier molecular flexibility index (Phi) is 4.95. The van der Waals surface area contributed by atoms with Crippen molar-refractivity contribution in [1.82, 2.24) is 15.3 Å². The second-order valence-corrected chi connectivity index (χ2v) is 5.73. The molecule has 3 aromatic rings. The fourth-order valence-electron chi connectivity index (χ4n) is 2.05. The van der Waals surface area contributed by atoms with E-state index < -0.39 is 0 Å². The minimum absolute atomic E-state index is 0.208. The highest BCUT2D eigenvalue weighted by Crippen LogP contribution is 2.22. The van der Waals surface area contributed by atoms with E-state index in [-0.39, 0.29) is 6.03 Å². The van der Waals surface area contributed by atoms with Gasteiger partial charge in [-0.15, -0.1) is 11.3 Å². The lowest BCUT2D eigenvalue weighted by atomic mass is 10.3. The van der Waals surface area contributed by atoms with Gasteiger partial charge in [0.05, 0.1) is 5.69 Å². The Morgan fingerprint density at radius 3 is 2.65 bits per heavy atom. The van der Waals surface area contributed by atoms with Crippen molar-refractivity contribution in [2.24, 2.45) is 0 Å². The molecule has 116 valence electrons. The van der Waals surface area contributed by atoms with Gasteiger partial charge in [0.25, 0.3) is 0 Å². The fourth-order valence-corrected chi connectivity index (χ4v) is 2.91. The minimum Gasteiger partial charge on any atom is -0.337 e. The van der Waals surface area contributed by atoms with Crippen LogP contribution in [-0.2, 0) is 6.42 Å². The highest BCUT2D eigenvalue weighted by atomic mass is 32.1. The van der Waals surface area contributed by atoms with Gasteiger partial charge in [0.15, 0.2) is 0 Å². The summed E-state index contributed by atoms with van der Waals surface area (Å²) in [6.07, 6.45) is 4.21. The van der Waals surface area contributed by atoms with Crippen LogP contribution < -0.4 is 10.6 Å². The third-order valence-corrected chi connectivity index (χ3v) is 4.12. The van der Waals surface area contributed by atoms with Crippen molar-refractivity contribution in [1.29, 1.82) is 0 Å². The maximum Gasteiger partial charge on any atom is 0.319 e. The van der Waals surface area contributed by atoms with E-state index in [1.165, 1.54) is 0 Å². The first-order valence-corrected chi connectivity index (χ1v) is 8.14. The maximum atomic E-state index is 11.8. The molecule has 0 saturated carbocycles. The third-order valence-electron chi connectivity index (χ3n) is 3.18. The summed E-state index contributed by atoms with van der Waals surface area (Å²) in [6.45, 7) is 0.540. The molecule has 2 N–H and O–H groups in total. The van der Waals surface area contributed by atoms with E-state index >= 15 is 0 Å². The molecule has 0 fully saturated rings. The van der Waals surface area contributed by atoms with Gasteiger partial charge < -0.3 is 10.6 Å². The smallest absolute Gasteiger partial charge is 0.319 e. The van der Waals surface area contributed by atoms with Crippen molar-refractivity contribution in [3.63, 3.8) is 0 Å². The lowest BCUT2D eigenvalue weighted by molar-refractivity contribution is 0.252. The van der Waals surface area contributed by atoms with Crippen LogP contribution in [0, 0.1) is 0 Å². The monoisotopic (exact) mass is 324 g/mol. The summed E-state index contributed by atoms with van der Waals surface area (Å²) in [5.74, 6) is 0. The number of nitrogens with one attached hydrogen (secondary N) is 2. The SMILES string of the molecule is O=C(NCCc1csc(-c2ccncc2)n1)Nc1ccccc1. The van der Waals surface area contributed by atoms with Gasteiger partial charge in [0, 0.05) is 42.0 Å². The molecule has 2 aromatic heterocycles. The summed E-state index contributed by atoms with van der Waals surface area (Å²) in [5.41, 5.74) is 2.81. The van der Waals surface area contributed by atoms with Gasteiger partial charge in [-0.1, -0.05) is 18.2 Å². The van der Waals surface area contributed by atoms with Gasteiger partial charge in [-0.05, 0) is 24.3 Å².